The van der Waals surface area contributed by atoms with Crippen LogP contribution in [0, 0.1) is 0 Å². The summed E-state index contributed by atoms with van der Waals surface area (Å²) in [6, 6.07) is -2.80. The minimum absolute atomic E-state index is 0.0126. The molecule has 6 N–H and O–H groups in total. The average molecular weight is 711 g/mol. The number of carbonyl (C=O) groups excluding carboxylic acids is 4. The largest absolute Gasteiger partial charge is 0.466 e. The maximum Gasteiger partial charge on any atom is 0.328 e. The molecule has 294 valence electrons. The van der Waals surface area contributed by atoms with E-state index in [9.17, 15) is 19.2 Å². The van der Waals surface area contributed by atoms with Gasteiger partial charge < -0.3 is 26.3 Å². The first-order valence-corrected chi connectivity index (χ1v) is 20.7. The number of amides is 3. The maximum atomic E-state index is 12.9. The SMILES string of the molecule is CCCCCCCCCCCCCCOC(=O)CCC(NC(=O)NC(=O)C(N)CCCCN)C(=O)OCCCCCCCCCCCCCC. The van der Waals surface area contributed by atoms with Crippen molar-refractivity contribution in [2.45, 2.75) is 212 Å². The Labute approximate surface area is 306 Å². The van der Waals surface area contributed by atoms with Gasteiger partial charge in [0.05, 0.1) is 19.3 Å². The van der Waals surface area contributed by atoms with Crippen molar-refractivity contribution in [1.29, 1.82) is 0 Å². The molecule has 0 saturated heterocycles. The summed E-state index contributed by atoms with van der Waals surface area (Å²) in [5.74, 6) is -1.69. The zero-order valence-corrected chi connectivity index (χ0v) is 32.4. The molecule has 0 saturated carbocycles. The first-order chi connectivity index (χ1) is 24.3. The number of unbranched alkanes of at least 4 members (excludes halogenated alkanes) is 23. The smallest absolute Gasteiger partial charge is 0.328 e. The Morgan fingerprint density at radius 2 is 0.960 bits per heavy atom. The van der Waals surface area contributed by atoms with Crippen LogP contribution in [0.15, 0.2) is 0 Å². The molecule has 0 radical (unpaired) electrons. The summed E-state index contributed by atoms with van der Waals surface area (Å²) in [5.41, 5.74) is 11.4. The number of urea groups is 1. The summed E-state index contributed by atoms with van der Waals surface area (Å²) in [4.78, 5) is 50.3. The highest BCUT2D eigenvalue weighted by Crippen LogP contribution is 2.14. The van der Waals surface area contributed by atoms with E-state index in [0.717, 1.165) is 44.9 Å². The number of rotatable bonds is 36. The van der Waals surface area contributed by atoms with Crippen molar-refractivity contribution >= 4 is 23.9 Å². The molecule has 0 bridgehead atoms. The van der Waals surface area contributed by atoms with Gasteiger partial charge in [-0.15, -0.1) is 0 Å². The second kappa shape index (κ2) is 36.6. The second-order valence-corrected chi connectivity index (χ2v) is 14.1. The quantitative estimate of drug-likeness (QED) is 0.0370. The van der Waals surface area contributed by atoms with E-state index >= 15 is 0 Å². The van der Waals surface area contributed by atoms with E-state index in [4.69, 9.17) is 20.9 Å². The number of carbonyl (C=O) groups is 4. The Morgan fingerprint density at radius 3 is 1.40 bits per heavy atom. The number of hydrogen-bond acceptors (Lipinski definition) is 8. The van der Waals surface area contributed by atoms with Crippen LogP contribution >= 0.6 is 0 Å². The van der Waals surface area contributed by atoms with Gasteiger partial charge in [0.15, 0.2) is 0 Å². The molecule has 10 nitrogen and oxygen atoms in total. The van der Waals surface area contributed by atoms with Crippen LogP contribution in [0.4, 0.5) is 4.79 Å². The third kappa shape index (κ3) is 31.8. The van der Waals surface area contributed by atoms with Crippen LogP contribution in [0.5, 0.6) is 0 Å². The Balaban J connectivity index is 4.45. The zero-order valence-electron chi connectivity index (χ0n) is 32.4. The Hall–Kier alpha value is -2.20. The van der Waals surface area contributed by atoms with Crippen molar-refractivity contribution in [3.63, 3.8) is 0 Å². The molecular weight excluding hydrogens is 632 g/mol. The molecule has 0 aliphatic rings. The van der Waals surface area contributed by atoms with E-state index in [2.05, 4.69) is 24.5 Å². The highest BCUT2D eigenvalue weighted by Gasteiger charge is 2.25. The molecular formula is C40H78N4O6. The molecule has 0 rings (SSSR count). The highest BCUT2D eigenvalue weighted by atomic mass is 16.5. The summed E-state index contributed by atoms with van der Waals surface area (Å²) in [6.45, 7) is 5.57. The summed E-state index contributed by atoms with van der Waals surface area (Å²) < 4.78 is 10.9. The lowest BCUT2D eigenvalue weighted by molar-refractivity contribution is -0.147. The monoisotopic (exact) mass is 711 g/mol. The fourth-order valence-corrected chi connectivity index (χ4v) is 5.97. The molecule has 0 aromatic carbocycles. The van der Waals surface area contributed by atoms with Gasteiger partial charge in [0.1, 0.15) is 6.04 Å². The van der Waals surface area contributed by atoms with E-state index < -0.39 is 36.0 Å². The van der Waals surface area contributed by atoms with Gasteiger partial charge in [-0.05, 0) is 38.6 Å². The molecule has 0 aromatic rings. The highest BCUT2D eigenvalue weighted by molar-refractivity contribution is 5.98. The number of ether oxygens (including phenoxy) is 2. The van der Waals surface area contributed by atoms with Crippen molar-refractivity contribution in [3.05, 3.63) is 0 Å². The first kappa shape index (κ1) is 47.8. The molecule has 2 atom stereocenters. The minimum Gasteiger partial charge on any atom is -0.466 e. The maximum absolute atomic E-state index is 12.9. The topological polar surface area (TPSA) is 163 Å². The predicted molar refractivity (Wildman–Crippen MR) is 205 cm³/mol. The number of imide groups is 1. The van der Waals surface area contributed by atoms with Gasteiger partial charge in [-0.1, -0.05) is 162 Å². The normalized spacial score (nSPS) is 12.3. The summed E-state index contributed by atoms with van der Waals surface area (Å²) in [7, 11) is 0. The molecule has 0 heterocycles. The van der Waals surface area contributed by atoms with Crippen LogP contribution in [-0.2, 0) is 23.9 Å². The van der Waals surface area contributed by atoms with Crippen LogP contribution in [-0.4, -0.2) is 55.7 Å². The van der Waals surface area contributed by atoms with Crippen molar-refractivity contribution < 1.29 is 28.7 Å². The van der Waals surface area contributed by atoms with Crippen LogP contribution in [0.25, 0.3) is 0 Å². The zero-order chi connectivity index (χ0) is 36.9. The van der Waals surface area contributed by atoms with Crippen LogP contribution < -0.4 is 22.1 Å². The van der Waals surface area contributed by atoms with Crippen molar-refractivity contribution in [2.75, 3.05) is 19.8 Å². The van der Waals surface area contributed by atoms with Gasteiger partial charge in [-0.3, -0.25) is 14.9 Å². The third-order valence-electron chi connectivity index (χ3n) is 9.27. The van der Waals surface area contributed by atoms with E-state index in [1.54, 1.807) is 0 Å². The predicted octanol–water partition coefficient (Wildman–Crippen LogP) is 8.91. The van der Waals surface area contributed by atoms with Gasteiger partial charge in [-0.25, -0.2) is 9.59 Å². The molecule has 0 spiro atoms. The summed E-state index contributed by atoms with van der Waals surface area (Å²) in [6.07, 6.45) is 30.9. The molecule has 50 heavy (non-hydrogen) atoms. The van der Waals surface area contributed by atoms with Gasteiger partial charge in [0.2, 0.25) is 5.91 Å². The fraction of sp³-hybridized carbons (Fsp3) is 0.900. The number of hydrogen-bond donors (Lipinski definition) is 4. The third-order valence-corrected chi connectivity index (χ3v) is 9.27. The first-order valence-electron chi connectivity index (χ1n) is 20.7. The second-order valence-electron chi connectivity index (χ2n) is 14.1. The van der Waals surface area contributed by atoms with Crippen molar-refractivity contribution in [2.24, 2.45) is 11.5 Å². The average Bonchev–Trinajstić information content (AvgIpc) is 3.10. The summed E-state index contributed by atoms with van der Waals surface area (Å²) in [5, 5.41) is 4.72. The fourth-order valence-electron chi connectivity index (χ4n) is 5.97. The van der Waals surface area contributed by atoms with Crippen molar-refractivity contribution in [1.82, 2.24) is 10.6 Å². The standard InChI is InChI=1S/C40H78N4O6/c1-3-5-7-9-11-13-15-17-19-21-23-27-33-49-37(45)31-30-36(43-40(48)44-38(46)35(42)29-25-26-32-41)39(47)50-34-28-24-22-20-18-16-14-12-10-8-6-4-2/h35-36H,3-34,41-42H2,1-2H3,(H2,43,44,46,48). The van der Waals surface area contributed by atoms with E-state index in [1.165, 1.54) is 116 Å². The number of nitrogens with two attached hydrogens (primary N) is 2. The molecule has 0 aromatic heterocycles. The van der Waals surface area contributed by atoms with E-state index in [-0.39, 0.29) is 19.4 Å². The number of esters is 2. The van der Waals surface area contributed by atoms with Gasteiger partial charge in [0, 0.05) is 6.42 Å². The van der Waals surface area contributed by atoms with Crippen LogP contribution in [0.1, 0.15) is 200 Å². The Kier molecular flexibility index (Phi) is 35.0. The molecule has 0 aliphatic carbocycles. The van der Waals surface area contributed by atoms with Crippen molar-refractivity contribution in [3.8, 4) is 0 Å². The number of nitrogens with one attached hydrogen (secondary N) is 2. The molecule has 2 unspecified atom stereocenters. The van der Waals surface area contributed by atoms with Crippen LogP contribution in [0.2, 0.25) is 0 Å². The summed E-state index contributed by atoms with van der Waals surface area (Å²) >= 11 is 0. The Bertz CT molecular complexity index is 828. The molecule has 0 fully saturated rings. The van der Waals surface area contributed by atoms with Gasteiger partial charge in [0.25, 0.3) is 0 Å². The lowest BCUT2D eigenvalue weighted by Gasteiger charge is -2.18. The van der Waals surface area contributed by atoms with E-state index in [0.29, 0.717) is 26.0 Å². The molecule has 0 aliphatic heterocycles. The minimum atomic E-state index is -1.09. The Morgan fingerprint density at radius 1 is 0.540 bits per heavy atom. The lowest BCUT2D eigenvalue weighted by Crippen LogP contribution is -2.52. The van der Waals surface area contributed by atoms with E-state index in [1.807, 2.05) is 0 Å². The van der Waals surface area contributed by atoms with Crippen LogP contribution in [0.3, 0.4) is 0 Å². The molecule has 3 amide bonds. The lowest BCUT2D eigenvalue weighted by atomic mass is 10.1. The van der Waals surface area contributed by atoms with Gasteiger partial charge in [-0.2, -0.15) is 0 Å². The molecule has 10 heteroatoms. The van der Waals surface area contributed by atoms with Gasteiger partial charge >= 0.3 is 18.0 Å².